The molecule has 1 aliphatic heterocycles. The molecule has 0 aliphatic carbocycles. The molecule has 0 fully saturated rings. The molecule has 186 valence electrons. The Morgan fingerprint density at radius 3 is 2.22 bits per heavy atom. The van der Waals surface area contributed by atoms with Crippen LogP contribution >= 0.6 is 0 Å². The number of carbonyl (C=O) groups excluding carboxylic acids is 2. The molecule has 0 saturated carbocycles. The number of benzene rings is 3. The van der Waals surface area contributed by atoms with E-state index in [1.807, 2.05) is 44.4 Å². The van der Waals surface area contributed by atoms with Gasteiger partial charge >= 0.3 is 6.18 Å². The van der Waals surface area contributed by atoms with Crippen molar-refractivity contribution in [1.82, 2.24) is 4.90 Å². The fourth-order valence-electron chi connectivity index (χ4n) is 3.91. The van der Waals surface area contributed by atoms with Crippen LogP contribution in [0.1, 0.15) is 16.7 Å². The van der Waals surface area contributed by atoms with Crippen molar-refractivity contribution in [3.8, 4) is 0 Å². The molecule has 6 nitrogen and oxygen atoms in total. The first-order chi connectivity index (χ1) is 17.0. The van der Waals surface area contributed by atoms with Gasteiger partial charge in [0.05, 0.1) is 23.4 Å². The summed E-state index contributed by atoms with van der Waals surface area (Å²) in [5.41, 5.74) is 2.39. The van der Waals surface area contributed by atoms with E-state index in [1.54, 1.807) is 41.1 Å². The van der Waals surface area contributed by atoms with Crippen LogP contribution < -0.4 is 15.5 Å². The Labute approximate surface area is 207 Å². The van der Waals surface area contributed by atoms with Gasteiger partial charge in [0.15, 0.2) is 0 Å². The van der Waals surface area contributed by atoms with E-state index < -0.39 is 17.6 Å². The van der Waals surface area contributed by atoms with Crippen LogP contribution in [0.3, 0.4) is 0 Å². The topological polar surface area (TPSA) is 64.7 Å². The van der Waals surface area contributed by atoms with Crippen LogP contribution in [0.25, 0.3) is 11.3 Å². The van der Waals surface area contributed by atoms with E-state index >= 15 is 0 Å². The lowest BCUT2D eigenvalue weighted by Crippen LogP contribution is -2.34. The van der Waals surface area contributed by atoms with Gasteiger partial charge in [0.2, 0.25) is 5.91 Å². The summed E-state index contributed by atoms with van der Waals surface area (Å²) in [6.07, 6.45) is -4.52. The quantitative estimate of drug-likeness (QED) is 0.465. The summed E-state index contributed by atoms with van der Waals surface area (Å²) in [5, 5.41) is 5.83. The highest BCUT2D eigenvalue weighted by Gasteiger charge is 2.34. The predicted octanol–water partition coefficient (Wildman–Crippen LogP) is 5.16. The van der Waals surface area contributed by atoms with Crippen molar-refractivity contribution in [3.63, 3.8) is 0 Å². The van der Waals surface area contributed by atoms with Crippen molar-refractivity contribution in [1.29, 1.82) is 0 Å². The highest BCUT2D eigenvalue weighted by molar-refractivity contribution is 6.37. The van der Waals surface area contributed by atoms with Gasteiger partial charge in [0, 0.05) is 29.7 Å². The Kier molecular flexibility index (Phi) is 6.85. The van der Waals surface area contributed by atoms with Crippen molar-refractivity contribution in [3.05, 3.63) is 89.5 Å². The van der Waals surface area contributed by atoms with Crippen LogP contribution in [-0.2, 0) is 15.8 Å². The first-order valence-corrected chi connectivity index (χ1v) is 11.2. The largest absolute Gasteiger partial charge is 0.416 e. The molecule has 0 atom stereocenters. The number of rotatable bonds is 6. The number of carbonyl (C=O) groups is 2. The maximum atomic E-state index is 13.2. The molecule has 1 heterocycles. The minimum atomic E-state index is -4.52. The third-order valence-corrected chi connectivity index (χ3v) is 5.75. The fraction of sp³-hybridized carbons (Fsp3) is 0.185. The average molecular weight is 495 g/mol. The van der Waals surface area contributed by atoms with Crippen LogP contribution in [0.5, 0.6) is 0 Å². The lowest BCUT2D eigenvalue weighted by molar-refractivity contribution is -0.137. The Hall–Kier alpha value is -4.11. The molecule has 0 saturated heterocycles. The first-order valence-electron chi connectivity index (χ1n) is 11.2. The van der Waals surface area contributed by atoms with Gasteiger partial charge in [-0.15, -0.1) is 0 Å². The zero-order valence-electron chi connectivity index (χ0n) is 20.0. The van der Waals surface area contributed by atoms with Crippen LogP contribution in [0, 0.1) is 0 Å². The minimum absolute atomic E-state index is 0.0646. The van der Waals surface area contributed by atoms with Crippen LogP contribution in [0.4, 0.5) is 30.2 Å². The molecule has 36 heavy (non-hydrogen) atoms. The van der Waals surface area contributed by atoms with E-state index in [1.165, 1.54) is 6.07 Å². The van der Waals surface area contributed by atoms with E-state index in [2.05, 4.69) is 10.6 Å². The van der Waals surface area contributed by atoms with Crippen LogP contribution in [-0.4, -0.2) is 44.4 Å². The number of likely N-dealkylation sites (N-methyl/N-ethyl adjacent to an activating group) is 2. The summed E-state index contributed by atoms with van der Waals surface area (Å²) in [7, 11) is 5.33. The summed E-state index contributed by atoms with van der Waals surface area (Å²) in [5.74, 6) is -0.563. The van der Waals surface area contributed by atoms with Crippen molar-refractivity contribution in [2.45, 2.75) is 6.18 Å². The van der Waals surface area contributed by atoms with Gasteiger partial charge in [0.1, 0.15) is 0 Å². The smallest absolute Gasteiger partial charge is 0.354 e. The molecular formula is C27H25F3N4O2. The van der Waals surface area contributed by atoms with E-state index in [9.17, 15) is 22.8 Å². The molecule has 3 aromatic rings. The Balaban J connectivity index is 1.72. The maximum absolute atomic E-state index is 13.2. The predicted molar refractivity (Wildman–Crippen MR) is 135 cm³/mol. The third-order valence-electron chi connectivity index (χ3n) is 5.75. The van der Waals surface area contributed by atoms with Crippen molar-refractivity contribution in [2.75, 3.05) is 43.2 Å². The third kappa shape index (κ3) is 5.26. The van der Waals surface area contributed by atoms with Gasteiger partial charge < -0.3 is 20.4 Å². The van der Waals surface area contributed by atoms with E-state index in [4.69, 9.17) is 0 Å². The zero-order valence-corrected chi connectivity index (χ0v) is 20.0. The molecule has 3 aromatic carbocycles. The molecule has 1 aliphatic rings. The van der Waals surface area contributed by atoms with E-state index in [0.29, 0.717) is 28.2 Å². The van der Waals surface area contributed by atoms with Gasteiger partial charge in [-0.2, -0.15) is 13.2 Å². The van der Waals surface area contributed by atoms with E-state index in [-0.39, 0.29) is 23.7 Å². The highest BCUT2D eigenvalue weighted by Crippen LogP contribution is 2.41. The normalized spacial score (nSPS) is 14.4. The van der Waals surface area contributed by atoms with Crippen molar-refractivity contribution in [2.24, 2.45) is 0 Å². The first kappa shape index (κ1) is 25.0. The van der Waals surface area contributed by atoms with Gasteiger partial charge in [-0.05, 0) is 56.1 Å². The molecule has 2 N–H and O–H groups in total. The van der Waals surface area contributed by atoms with Gasteiger partial charge in [-0.3, -0.25) is 9.59 Å². The number of fused-ring (bicyclic) bond motifs is 1. The molecular weight excluding hydrogens is 469 g/mol. The number of amides is 2. The second kappa shape index (κ2) is 9.87. The molecule has 0 aromatic heterocycles. The van der Waals surface area contributed by atoms with Crippen molar-refractivity contribution >= 4 is 40.1 Å². The molecule has 0 unspecified atom stereocenters. The Bertz CT molecular complexity index is 1320. The average Bonchev–Trinajstić information content (AvgIpc) is 3.16. The molecule has 4 rings (SSSR count). The van der Waals surface area contributed by atoms with Crippen LogP contribution in [0.15, 0.2) is 72.8 Å². The summed E-state index contributed by atoms with van der Waals surface area (Å²) >= 11 is 0. The zero-order chi connectivity index (χ0) is 26.0. The Morgan fingerprint density at radius 1 is 0.944 bits per heavy atom. The second-order valence-electron chi connectivity index (χ2n) is 8.69. The molecule has 0 radical (unpaired) electrons. The number of halogens is 3. The number of alkyl halides is 3. The summed E-state index contributed by atoms with van der Waals surface area (Å²) in [6.45, 7) is 0.269. The molecule has 0 bridgehead atoms. The van der Waals surface area contributed by atoms with Gasteiger partial charge in [-0.1, -0.05) is 36.4 Å². The Morgan fingerprint density at radius 2 is 1.61 bits per heavy atom. The number of anilines is 3. The standard InChI is InChI=1S/C27H25F3N4O2/c1-33(2)16-23(35)34(3)20-12-10-19(11-13-20)31-25(17-7-5-4-6-8-17)24-21-14-9-18(27(28,29)30)15-22(21)32-26(24)36/h4-15,31H,16H2,1-3H3,(H,32,36)/b25-24-. The van der Waals surface area contributed by atoms with Crippen LogP contribution in [0.2, 0.25) is 0 Å². The molecule has 2 amide bonds. The summed E-state index contributed by atoms with van der Waals surface area (Å²) < 4.78 is 39.6. The molecule has 0 spiro atoms. The number of hydrogen-bond acceptors (Lipinski definition) is 4. The second-order valence-corrected chi connectivity index (χ2v) is 8.69. The monoisotopic (exact) mass is 494 g/mol. The number of nitrogens with one attached hydrogen (secondary N) is 2. The highest BCUT2D eigenvalue weighted by atomic mass is 19.4. The maximum Gasteiger partial charge on any atom is 0.416 e. The minimum Gasteiger partial charge on any atom is -0.354 e. The van der Waals surface area contributed by atoms with Gasteiger partial charge in [0.25, 0.3) is 5.91 Å². The fourth-order valence-corrected chi connectivity index (χ4v) is 3.91. The van der Waals surface area contributed by atoms with Crippen molar-refractivity contribution < 1.29 is 22.8 Å². The number of nitrogens with zero attached hydrogens (tertiary/aromatic N) is 2. The van der Waals surface area contributed by atoms with Gasteiger partial charge in [-0.25, -0.2) is 0 Å². The summed E-state index contributed by atoms with van der Waals surface area (Å²) in [6, 6.07) is 19.4. The summed E-state index contributed by atoms with van der Waals surface area (Å²) in [4.78, 5) is 28.7. The lowest BCUT2D eigenvalue weighted by Gasteiger charge is -2.20. The lowest BCUT2D eigenvalue weighted by atomic mass is 9.99. The van der Waals surface area contributed by atoms with E-state index in [0.717, 1.165) is 12.1 Å². The molecule has 9 heteroatoms. The SMILES string of the molecule is CN(C)CC(=O)N(C)c1ccc(N/C(=C2\C(=O)Nc3cc(C(F)(F)F)ccc32)c2ccccc2)cc1. The number of hydrogen-bond donors (Lipinski definition) is 2.